The summed E-state index contributed by atoms with van der Waals surface area (Å²) in [5.41, 5.74) is 1.93. The van der Waals surface area contributed by atoms with Gasteiger partial charge in [0.1, 0.15) is 17.6 Å². The summed E-state index contributed by atoms with van der Waals surface area (Å²) in [6, 6.07) is 13.1. The van der Waals surface area contributed by atoms with E-state index < -0.39 is 6.04 Å². The molecule has 1 atom stereocenters. The van der Waals surface area contributed by atoms with E-state index in [0.717, 1.165) is 16.9 Å². The molecule has 2 aromatic carbocycles. The largest absolute Gasteiger partial charge is 0.494 e. The van der Waals surface area contributed by atoms with Crippen molar-refractivity contribution >= 4 is 11.8 Å². The molecule has 156 valence electrons. The number of amides is 2. The molecule has 0 saturated carbocycles. The third-order valence-corrected chi connectivity index (χ3v) is 4.61. The minimum atomic E-state index is -0.620. The summed E-state index contributed by atoms with van der Waals surface area (Å²) in [5.74, 6) is 0.0815. The maximum Gasteiger partial charge on any atom is 0.242 e. The van der Waals surface area contributed by atoms with Crippen LogP contribution < -0.4 is 10.1 Å². The Bertz CT molecular complexity index is 791. The second-order valence-electron chi connectivity index (χ2n) is 6.98. The Balaban J connectivity index is 1.96. The van der Waals surface area contributed by atoms with E-state index in [-0.39, 0.29) is 30.6 Å². The Kier molecular flexibility index (Phi) is 8.65. The molecule has 0 unspecified atom stereocenters. The smallest absolute Gasteiger partial charge is 0.242 e. The lowest BCUT2D eigenvalue weighted by atomic mass is 10.1. The summed E-state index contributed by atoms with van der Waals surface area (Å²) in [6.07, 6.45) is 0.797. The number of hydrogen-bond donors (Lipinski definition) is 1. The molecule has 0 heterocycles. The Morgan fingerprint density at radius 3 is 2.38 bits per heavy atom. The van der Waals surface area contributed by atoms with E-state index in [0.29, 0.717) is 19.6 Å². The summed E-state index contributed by atoms with van der Waals surface area (Å²) in [4.78, 5) is 26.7. The highest BCUT2D eigenvalue weighted by molar-refractivity contribution is 5.87. The standard InChI is InChI=1S/C23H29FN2O3/c1-4-25-23(28)18(3)26(16-19-9-11-20(24)12-10-19)22(27)6-5-15-29-21-13-7-17(2)8-14-21/h7-14,18H,4-6,15-16H2,1-3H3,(H,25,28)/t18-/m1/s1. The second-order valence-corrected chi connectivity index (χ2v) is 6.98. The summed E-state index contributed by atoms with van der Waals surface area (Å²) in [5, 5.41) is 2.75. The van der Waals surface area contributed by atoms with Gasteiger partial charge in [-0.15, -0.1) is 0 Å². The molecule has 2 rings (SSSR count). The van der Waals surface area contributed by atoms with E-state index in [4.69, 9.17) is 4.74 Å². The van der Waals surface area contributed by atoms with Gasteiger partial charge in [0.2, 0.25) is 11.8 Å². The van der Waals surface area contributed by atoms with E-state index in [1.165, 1.54) is 17.0 Å². The number of nitrogens with zero attached hydrogens (tertiary/aromatic N) is 1. The van der Waals surface area contributed by atoms with Crippen LogP contribution >= 0.6 is 0 Å². The van der Waals surface area contributed by atoms with Gasteiger partial charge in [-0.05, 0) is 57.0 Å². The zero-order chi connectivity index (χ0) is 21.2. The normalized spacial score (nSPS) is 11.6. The maximum atomic E-state index is 13.2. The lowest BCUT2D eigenvalue weighted by Gasteiger charge is -2.28. The van der Waals surface area contributed by atoms with E-state index in [2.05, 4.69) is 5.32 Å². The Hall–Kier alpha value is -2.89. The van der Waals surface area contributed by atoms with Crippen molar-refractivity contribution in [2.75, 3.05) is 13.2 Å². The Labute approximate surface area is 171 Å². The highest BCUT2D eigenvalue weighted by Crippen LogP contribution is 2.14. The first-order chi connectivity index (χ1) is 13.9. The van der Waals surface area contributed by atoms with Gasteiger partial charge >= 0.3 is 0 Å². The van der Waals surface area contributed by atoms with Crippen LogP contribution in [0.5, 0.6) is 5.75 Å². The molecule has 0 bridgehead atoms. The number of nitrogens with one attached hydrogen (secondary N) is 1. The van der Waals surface area contributed by atoms with Crippen LogP contribution in [0, 0.1) is 12.7 Å². The van der Waals surface area contributed by atoms with Crippen molar-refractivity contribution in [2.24, 2.45) is 0 Å². The quantitative estimate of drug-likeness (QED) is 0.617. The molecule has 6 heteroatoms. The topological polar surface area (TPSA) is 58.6 Å². The van der Waals surface area contributed by atoms with E-state index in [1.807, 2.05) is 38.1 Å². The predicted octanol–water partition coefficient (Wildman–Crippen LogP) is 3.85. The summed E-state index contributed by atoms with van der Waals surface area (Å²) in [6.45, 7) is 6.69. The average Bonchev–Trinajstić information content (AvgIpc) is 2.71. The van der Waals surface area contributed by atoms with Gasteiger partial charge < -0.3 is 15.0 Å². The number of ether oxygens (including phenoxy) is 1. The van der Waals surface area contributed by atoms with Crippen LogP contribution in [-0.4, -0.2) is 35.9 Å². The number of benzene rings is 2. The van der Waals surface area contributed by atoms with Crippen molar-refractivity contribution in [3.8, 4) is 5.75 Å². The second kappa shape index (κ2) is 11.2. The average molecular weight is 400 g/mol. The van der Waals surface area contributed by atoms with Gasteiger partial charge in [-0.3, -0.25) is 9.59 Å². The molecular formula is C23H29FN2O3. The number of rotatable bonds is 10. The molecule has 0 aliphatic heterocycles. The third-order valence-electron chi connectivity index (χ3n) is 4.61. The fourth-order valence-electron chi connectivity index (χ4n) is 2.88. The first kappa shape index (κ1) is 22.4. The van der Waals surface area contributed by atoms with Gasteiger partial charge in [0.15, 0.2) is 0 Å². The van der Waals surface area contributed by atoms with Crippen molar-refractivity contribution in [1.29, 1.82) is 0 Å². The SMILES string of the molecule is CCNC(=O)[C@@H](C)N(Cc1ccc(F)cc1)C(=O)CCCOc1ccc(C)cc1. The fraction of sp³-hybridized carbons (Fsp3) is 0.391. The van der Waals surface area contributed by atoms with Crippen molar-refractivity contribution in [3.63, 3.8) is 0 Å². The van der Waals surface area contributed by atoms with Crippen molar-refractivity contribution in [1.82, 2.24) is 10.2 Å². The summed E-state index contributed by atoms with van der Waals surface area (Å²) >= 11 is 0. The Morgan fingerprint density at radius 2 is 1.76 bits per heavy atom. The van der Waals surface area contributed by atoms with Gasteiger partial charge in [0, 0.05) is 19.5 Å². The number of carbonyl (C=O) groups excluding carboxylic acids is 2. The van der Waals surface area contributed by atoms with Crippen LogP contribution in [0.1, 0.15) is 37.8 Å². The molecule has 0 radical (unpaired) electrons. The fourth-order valence-corrected chi connectivity index (χ4v) is 2.88. The summed E-state index contributed by atoms with van der Waals surface area (Å²) < 4.78 is 18.9. The molecule has 0 aromatic heterocycles. The number of aryl methyl sites for hydroxylation is 1. The minimum Gasteiger partial charge on any atom is -0.494 e. The Morgan fingerprint density at radius 1 is 1.10 bits per heavy atom. The molecule has 5 nitrogen and oxygen atoms in total. The molecule has 0 aliphatic rings. The lowest BCUT2D eigenvalue weighted by molar-refractivity contribution is -0.140. The van der Waals surface area contributed by atoms with Gasteiger partial charge in [-0.2, -0.15) is 0 Å². The van der Waals surface area contributed by atoms with Crippen LogP contribution in [0.25, 0.3) is 0 Å². The third kappa shape index (κ3) is 7.22. The van der Waals surface area contributed by atoms with E-state index in [1.54, 1.807) is 19.1 Å². The van der Waals surface area contributed by atoms with Crippen molar-refractivity contribution < 1.29 is 18.7 Å². The van der Waals surface area contributed by atoms with Crippen molar-refractivity contribution in [3.05, 3.63) is 65.5 Å². The molecular weight excluding hydrogens is 371 g/mol. The molecule has 0 saturated heterocycles. The first-order valence-corrected chi connectivity index (χ1v) is 9.91. The van der Waals surface area contributed by atoms with Crippen LogP contribution in [0.3, 0.4) is 0 Å². The van der Waals surface area contributed by atoms with E-state index >= 15 is 0 Å². The van der Waals surface area contributed by atoms with Gasteiger partial charge in [-0.1, -0.05) is 29.8 Å². The number of likely N-dealkylation sites (N-methyl/N-ethyl adjacent to an activating group) is 1. The molecule has 2 aromatic rings. The summed E-state index contributed by atoms with van der Waals surface area (Å²) in [7, 11) is 0. The zero-order valence-corrected chi connectivity index (χ0v) is 17.3. The minimum absolute atomic E-state index is 0.138. The van der Waals surface area contributed by atoms with Crippen molar-refractivity contribution in [2.45, 2.75) is 46.2 Å². The lowest BCUT2D eigenvalue weighted by Crippen LogP contribution is -2.47. The first-order valence-electron chi connectivity index (χ1n) is 9.91. The highest BCUT2D eigenvalue weighted by Gasteiger charge is 2.25. The van der Waals surface area contributed by atoms with E-state index in [9.17, 15) is 14.0 Å². The zero-order valence-electron chi connectivity index (χ0n) is 17.3. The highest BCUT2D eigenvalue weighted by atomic mass is 19.1. The molecule has 2 amide bonds. The molecule has 0 aliphatic carbocycles. The number of halogens is 1. The van der Waals surface area contributed by atoms with Crippen LogP contribution in [0.15, 0.2) is 48.5 Å². The van der Waals surface area contributed by atoms with Crippen LogP contribution in [0.4, 0.5) is 4.39 Å². The van der Waals surface area contributed by atoms with Gasteiger partial charge in [0.25, 0.3) is 0 Å². The molecule has 0 spiro atoms. The predicted molar refractivity (Wildman–Crippen MR) is 111 cm³/mol. The monoisotopic (exact) mass is 400 g/mol. The maximum absolute atomic E-state index is 13.2. The number of hydrogen-bond acceptors (Lipinski definition) is 3. The number of carbonyl (C=O) groups is 2. The molecule has 0 fully saturated rings. The molecule has 29 heavy (non-hydrogen) atoms. The van der Waals surface area contributed by atoms with Gasteiger partial charge in [-0.25, -0.2) is 4.39 Å². The molecule has 1 N–H and O–H groups in total. The van der Waals surface area contributed by atoms with Gasteiger partial charge in [0.05, 0.1) is 6.61 Å². The van der Waals surface area contributed by atoms with Crippen LogP contribution in [0.2, 0.25) is 0 Å². The van der Waals surface area contributed by atoms with Crippen LogP contribution in [-0.2, 0) is 16.1 Å².